The van der Waals surface area contributed by atoms with Crippen LogP contribution in [0.25, 0.3) is 0 Å². The molecule has 0 bridgehead atoms. The number of aryl methyl sites for hydroxylation is 1. The van der Waals surface area contributed by atoms with Crippen LogP contribution in [0.5, 0.6) is 0 Å². The first-order valence-electron chi connectivity index (χ1n) is 5.80. The number of carbonyl (C=O) groups is 1. The Bertz CT molecular complexity index is 600. The minimum atomic E-state index is -2.95. The van der Waals surface area contributed by atoms with Crippen molar-refractivity contribution >= 4 is 21.6 Å². The Morgan fingerprint density at radius 2 is 2.21 bits per heavy atom. The molecule has 1 unspecified atom stereocenters. The summed E-state index contributed by atoms with van der Waals surface area (Å²) in [5, 5.41) is 3.02. The lowest BCUT2D eigenvalue weighted by Gasteiger charge is -2.12. The summed E-state index contributed by atoms with van der Waals surface area (Å²) in [4.78, 5) is 19.4. The van der Waals surface area contributed by atoms with Crippen LogP contribution in [0.3, 0.4) is 0 Å². The zero-order valence-corrected chi connectivity index (χ0v) is 11.5. The van der Waals surface area contributed by atoms with Crippen LogP contribution in [0.4, 0.5) is 5.82 Å². The number of rotatable bonds is 3. The summed E-state index contributed by atoms with van der Waals surface area (Å²) in [6.07, 6.45) is 0.541. The number of nitrogens with one attached hydrogen (secondary N) is 1. The molecule has 1 atom stereocenters. The average molecular weight is 285 g/mol. The Labute approximate surface area is 111 Å². The first kappa shape index (κ1) is 13.7. The summed E-state index contributed by atoms with van der Waals surface area (Å²) in [5.41, 5.74) is 0.610. The number of carbonyl (C=O) groups excluding carboxylic acids is 1. The van der Waals surface area contributed by atoms with E-state index in [1.165, 1.54) is 7.11 Å². The molecule has 2 rings (SSSR count). The molecule has 7 nitrogen and oxygen atoms in total. The van der Waals surface area contributed by atoms with Gasteiger partial charge >= 0.3 is 5.97 Å². The minimum absolute atomic E-state index is 0.0362. The average Bonchev–Trinajstić information content (AvgIpc) is 2.66. The molecule has 0 amide bonds. The number of hydrogen-bond donors (Lipinski definition) is 1. The molecule has 0 spiro atoms. The van der Waals surface area contributed by atoms with Crippen molar-refractivity contribution in [1.82, 2.24) is 9.97 Å². The molecule has 0 aliphatic carbocycles. The van der Waals surface area contributed by atoms with Gasteiger partial charge in [-0.25, -0.2) is 23.2 Å². The lowest BCUT2D eigenvalue weighted by Crippen LogP contribution is -2.22. The summed E-state index contributed by atoms with van der Waals surface area (Å²) >= 11 is 0. The molecular weight excluding hydrogens is 270 g/mol. The fourth-order valence-electron chi connectivity index (χ4n) is 1.94. The first-order valence-corrected chi connectivity index (χ1v) is 7.63. The Hall–Kier alpha value is -1.70. The molecule has 8 heteroatoms. The van der Waals surface area contributed by atoms with Gasteiger partial charge in [-0.15, -0.1) is 0 Å². The van der Waals surface area contributed by atoms with Gasteiger partial charge in [0.05, 0.1) is 18.6 Å². The molecule has 0 saturated carbocycles. The molecule has 1 aliphatic heterocycles. The molecule has 0 radical (unpaired) electrons. The summed E-state index contributed by atoms with van der Waals surface area (Å²) in [5.74, 6) is 0.0500. The zero-order chi connectivity index (χ0) is 14.0. The van der Waals surface area contributed by atoms with E-state index in [1.54, 1.807) is 13.0 Å². The SMILES string of the molecule is COC(=O)c1nc(C)cc(NC2CCS(=O)(=O)C2)n1. The quantitative estimate of drug-likeness (QED) is 0.790. The van der Waals surface area contributed by atoms with Crippen LogP contribution in [0, 0.1) is 6.92 Å². The third-order valence-corrected chi connectivity index (χ3v) is 4.57. The number of nitrogens with zero attached hydrogens (tertiary/aromatic N) is 2. The number of aromatic nitrogens is 2. The second kappa shape index (κ2) is 5.12. The van der Waals surface area contributed by atoms with E-state index in [2.05, 4.69) is 20.0 Å². The molecule has 1 aliphatic rings. The summed E-state index contributed by atoms with van der Waals surface area (Å²) < 4.78 is 27.3. The van der Waals surface area contributed by atoms with Crippen molar-refractivity contribution < 1.29 is 17.9 Å². The van der Waals surface area contributed by atoms with Gasteiger partial charge in [0.15, 0.2) is 9.84 Å². The highest BCUT2D eigenvalue weighted by molar-refractivity contribution is 7.91. The lowest BCUT2D eigenvalue weighted by atomic mass is 10.2. The summed E-state index contributed by atoms with van der Waals surface area (Å²) in [6, 6.07) is 1.49. The molecule has 1 saturated heterocycles. The summed E-state index contributed by atoms with van der Waals surface area (Å²) in [7, 11) is -1.70. The lowest BCUT2D eigenvalue weighted by molar-refractivity contribution is 0.0586. The molecule has 1 aromatic rings. The number of ether oxygens (including phenoxy) is 1. The largest absolute Gasteiger partial charge is 0.463 e. The van der Waals surface area contributed by atoms with E-state index < -0.39 is 15.8 Å². The molecule has 0 aromatic carbocycles. The standard InChI is InChI=1S/C11H15N3O4S/c1-7-5-9(14-10(12-7)11(15)18-2)13-8-3-4-19(16,17)6-8/h5,8H,3-4,6H2,1-2H3,(H,12,13,14). The third kappa shape index (κ3) is 3.40. The van der Waals surface area contributed by atoms with Crippen LogP contribution in [0.1, 0.15) is 22.7 Å². The van der Waals surface area contributed by atoms with Gasteiger partial charge < -0.3 is 10.1 Å². The molecular formula is C11H15N3O4S. The van der Waals surface area contributed by atoms with Crippen molar-refractivity contribution in [2.75, 3.05) is 23.9 Å². The van der Waals surface area contributed by atoms with Crippen LogP contribution in [-0.4, -0.2) is 49.0 Å². The van der Waals surface area contributed by atoms with Crippen LogP contribution in [0.15, 0.2) is 6.07 Å². The van der Waals surface area contributed by atoms with E-state index in [4.69, 9.17) is 0 Å². The van der Waals surface area contributed by atoms with Gasteiger partial charge in [0.2, 0.25) is 5.82 Å². The predicted molar refractivity (Wildman–Crippen MR) is 68.8 cm³/mol. The summed E-state index contributed by atoms with van der Waals surface area (Å²) in [6.45, 7) is 1.73. The number of methoxy groups -OCH3 is 1. The fraction of sp³-hybridized carbons (Fsp3) is 0.545. The van der Waals surface area contributed by atoms with Gasteiger partial charge in [0.1, 0.15) is 5.82 Å². The van der Waals surface area contributed by atoms with Gasteiger partial charge in [-0.3, -0.25) is 0 Å². The molecule has 19 heavy (non-hydrogen) atoms. The number of anilines is 1. The van der Waals surface area contributed by atoms with Crippen LogP contribution in [-0.2, 0) is 14.6 Å². The van der Waals surface area contributed by atoms with Crippen molar-refractivity contribution in [2.24, 2.45) is 0 Å². The Morgan fingerprint density at radius 3 is 2.79 bits per heavy atom. The van der Waals surface area contributed by atoms with Gasteiger partial charge in [0, 0.05) is 17.8 Å². The first-order chi connectivity index (χ1) is 8.89. The molecule has 1 N–H and O–H groups in total. The van der Waals surface area contributed by atoms with E-state index in [-0.39, 0.29) is 23.4 Å². The van der Waals surface area contributed by atoms with E-state index >= 15 is 0 Å². The van der Waals surface area contributed by atoms with E-state index in [0.29, 0.717) is 17.9 Å². The molecule has 1 aromatic heterocycles. The molecule has 2 heterocycles. The van der Waals surface area contributed by atoms with E-state index in [1.807, 2.05) is 0 Å². The van der Waals surface area contributed by atoms with Crippen molar-refractivity contribution in [3.8, 4) is 0 Å². The maximum atomic E-state index is 11.4. The Kier molecular flexibility index (Phi) is 3.70. The van der Waals surface area contributed by atoms with Crippen molar-refractivity contribution in [1.29, 1.82) is 0 Å². The monoisotopic (exact) mass is 285 g/mol. The minimum Gasteiger partial charge on any atom is -0.463 e. The van der Waals surface area contributed by atoms with E-state index in [0.717, 1.165) is 0 Å². The number of hydrogen-bond acceptors (Lipinski definition) is 7. The van der Waals surface area contributed by atoms with E-state index in [9.17, 15) is 13.2 Å². The Morgan fingerprint density at radius 1 is 1.47 bits per heavy atom. The van der Waals surface area contributed by atoms with Gasteiger partial charge in [-0.2, -0.15) is 0 Å². The topological polar surface area (TPSA) is 98.2 Å². The normalized spacial score (nSPS) is 21.1. The van der Waals surface area contributed by atoms with Crippen LogP contribution < -0.4 is 5.32 Å². The van der Waals surface area contributed by atoms with Gasteiger partial charge in [0.25, 0.3) is 0 Å². The zero-order valence-electron chi connectivity index (χ0n) is 10.7. The Balaban J connectivity index is 2.17. The van der Waals surface area contributed by atoms with Crippen LogP contribution >= 0.6 is 0 Å². The molecule has 104 valence electrons. The van der Waals surface area contributed by atoms with Crippen molar-refractivity contribution in [3.05, 3.63) is 17.6 Å². The highest BCUT2D eigenvalue weighted by Gasteiger charge is 2.28. The molecule has 1 fully saturated rings. The third-order valence-electron chi connectivity index (χ3n) is 2.81. The predicted octanol–water partition coefficient (Wildman–Crippen LogP) is 0.171. The van der Waals surface area contributed by atoms with Crippen molar-refractivity contribution in [3.63, 3.8) is 0 Å². The van der Waals surface area contributed by atoms with Gasteiger partial charge in [-0.1, -0.05) is 0 Å². The maximum absolute atomic E-state index is 11.4. The van der Waals surface area contributed by atoms with Crippen LogP contribution in [0.2, 0.25) is 0 Å². The van der Waals surface area contributed by atoms with Gasteiger partial charge in [-0.05, 0) is 13.3 Å². The second-order valence-corrected chi connectivity index (χ2v) is 6.68. The highest BCUT2D eigenvalue weighted by atomic mass is 32.2. The smallest absolute Gasteiger partial charge is 0.376 e. The maximum Gasteiger partial charge on any atom is 0.376 e. The number of sulfone groups is 1. The number of esters is 1. The van der Waals surface area contributed by atoms with Crippen molar-refractivity contribution in [2.45, 2.75) is 19.4 Å². The highest BCUT2D eigenvalue weighted by Crippen LogP contribution is 2.16. The second-order valence-electron chi connectivity index (χ2n) is 4.45. The fourth-order valence-corrected chi connectivity index (χ4v) is 3.62.